The molecule has 90 valence electrons. The van der Waals surface area contributed by atoms with Gasteiger partial charge in [0.15, 0.2) is 8.32 Å². The normalized spacial score (nSPS) is 29.2. The summed E-state index contributed by atoms with van der Waals surface area (Å²) in [6.07, 6.45) is 4.18. The molecule has 0 aromatic rings. The Kier molecular flexibility index (Phi) is 4.01. The van der Waals surface area contributed by atoms with E-state index in [0.717, 1.165) is 19.3 Å². The summed E-state index contributed by atoms with van der Waals surface area (Å²) >= 11 is 0. The highest BCUT2D eigenvalue weighted by Crippen LogP contribution is 2.39. The van der Waals surface area contributed by atoms with Gasteiger partial charge in [-0.1, -0.05) is 33.6 Å². The molecule has 0 spiro atoms. The Labute approximate surface area is 95.2 Å². The zero-order chi connectivity index (χ0) is 11.7. The van der Waals surface area contributed by atoms with Crippen LogP contribution in [0, 0.1) is 0 Å². The SMILES string of the molecule is CC(C)(C)[Si](C)(C)O[C@H]1CCCC[C@H]1O. The van der Waals surface area contributed by atoms with Crippen molar-refractivity contribution in [3.05, 3.63) is 0 Å². The van der Waals surface area contributed by atoms with Gasteiger partial charge in [-0.3, -0.25) is 0 Å². The summed E-state index contributed by atoms with van der Waals surface area (Å²) in [5.74, 6) is 0. The Morgan fingerprint density at radius 1 is 1.13 bits per heavy atom. The molecule has 0 heterocycles. The molecule has 0 aromatic heterocycles. The van der Waals surface area contributed by atoms with Gasteiger partial charge in [0.1, 0.15) is 0 Å². The molecule has 1 rings (SSSR count). The summed E-state index contributed by atoms with van der Waals surface area (Å²) in [6.45, 7) is 11.2. The van der Waals surface area contributed by atoms with Crippen molar-refractivity contribution in [1.82, 2.24) is 0 Å². The number of hydrogen-bond donors (Lipinski definition) is 1. The van der Waals surface area contributed by atoms with Gasteiger partial charge in [-0.05, 0) is 31.0 Å². The highest BCUT2D eigenvalue weighted by atomic mass is 28.4. The second-order valence-corrected chi connectivity index (χ2v) is 11.0. The minimum atomic E-state index is -1.69. The summed E-state index contributed by atoms with van der Waals surface area (Å²) in [6, 6.07) is 0. The third kappa shape index (κ3) is 3.30. The Balaban J connectivity index is 2.59. The maximum atomic E-state index is 9.90. The van der Waals surface area contributed by atoms with Gasteiger partial charge in [-0.25, -0.2) is 0 Å². The second kappa shape index (κ2) is 4.56. The first kappa shape index (κ1) is 13.2. The Hall–Kier alpha value is 0.137. The van der Waals surface area contributed by atoms with E-state index in [9.17, 15) is 5.11 Å². The van der Waals surface area contributed by atoms with Crippen LogP contribution in [0.15, 0.2) is 0 Å². The topological polar surface area (TPSA) is 29.5 Å². The van der Waals surface area contributed by atoms with E-state index in [-0.39, 0.29) is 17.2 Å². The second-order valence-electron chi connectivity index (χ2n) is 6.27. The molecule has 0 aliphatic heterocycles. The molecule has 0 unspecified atom stereocenters. The van der Waals surface area contributed by atoms with Crippen LogP contribution >= 0.6 is 0 Å². The quantitative estimate of drug-likeness (QED) is 0.738. The van der Waals surface area contributed by atoms with Crippen LogP contribution in [0.4, 0.5) is 0 Å². The van der Waals surface area contributed by atoms with Gasteiger partial charge >= 0.3 is 0 Å². The average molecular weight is 230 g/mol. The third-order valence-corrected chi connectivity index (χ3v) is 8.42. The molecule has 1 saturated carbocycles. The molecule has 15 heavy (non-hydrogen) atoms. The molecule has 3 heteroatoms. The van der Waals surface area contributed by atoms with Crippen molar-refractivity contribution in [2.75, 3.05) is 0 Å². The molecule has 0 saturated heterocycles. The predicted octanol–water partition coefficient (Wildman–Crippen LogP) is 3.31. The van der Waals surface area contributed by atoms with Crippen molar-refractivity contribution >= 4 is 8.32 Å². The zero-order valence-corrected chi connectivity index (χ0v) is 11.8. The van der Waals surface area contributed by atoms with Crippen molar-refractivity contribution in [3.63, 3.8) is 0 Å². The number of aliphatic hydroxyl groups excluding tert-OH is 1. The summed E-state index contributed by atoms with van der Waals surface area (Å²) in [7, 11) is -1.69. The molecule has 1 aliphatic carbocycles. The zero-order valence-electron chi connectivity index (χ0n) is 10.8. The van der Waals surface area contributed by atoms with Gasteiger partial charge in [-0.2, -0.15) is 0 Å². The smallest absolute Gasteiger partial charge is 0.192 e. The van der Waals surface area contributed by atoms with Crippen molar-refractivity contribution in [1.29, 1.82) is 0 Å². The molecule has 1 aliphatic rings. The molecule has 1 fully saturated rings. The largest absolute Gasteiger partial charge is 0.411 e. The maximum Gasteiger partial charge on any atom is 0.192 e. The number of hydrogen-bond acceptors (Lipinski definition) is 2. The molecule has 0 amide bonds. The molecule has 0 bridgehead atoms. The van der Waals surface area contributed by atoms with Gasteiger partial charge in [0.2, 0.25) is 0 Å². The summed E-state index contributed by atoms with van der Waals surface area (Å²) < 4.78 is 6.24. The van der Waals surface area contributed by atoms with Crippen LogP contribution in [-0.2, 0) is 4.43 Å². The van der Waals surface area contributed by atoms with E-state index in [4.69, 9.17) is 4.43 Å². The van der Waals surface area contributed by atoms with Crippen LogP contribution in [0.1, 0.15) is 46.5 Å². The molecule has 2 nitrogen and oxygen atoms in total. The lowest BCUT2D eigenvalue weighted by Crippen LogP contribution is -2.47. The van der Waals surface area contributed by atoms with Gasteiger partial charge in [0.25, 0.3) is 0 Å². The van der Waals surface area contributed by atoms with Crippen LogP contribution in [0.3, 0.4) is 0 Å². The first-order chi connectivity index (χ1) is 6.74. The molecular formula is C12H26O2Si. The van der Waals surface area contributed by atoms with Gasteiger partial charge in [-0.15, -0.1) is 0 Å². The molecule has 1 N–H and O–H groups in total. The molecule has 2 atom stereocenters. The predicted molar refractivity (Wildman–Crippen MR) is 66.5 cm³/mol. The highest BCUT2D eigenvalue weighted by molar-refractivity contribution is 6.74. The van der Waals surface area contributed by atoms with Crippen molar-refractivity contribution in [3.8, 4) is 0 Å². The molecule has 0 aromatic carbocycles. The van der Waals surface area contributed by atoms with E-state index < -0.39 is 8.32 Å². The average Bonchev–Trinajstić information content (AvgIpc) is 2.06. The fourth-order valence-electron chi connectivity index (χ4n) is 1.77. The summed E-state index contributed by atoms with van der Waals surface area (Å²) in [5.41, 5.74) is 0. The van der Waals surface area contributed by atoms with E-state index in [1.807, 2.05) is 0 Å². The monoisotopic (exact) mass is 230 g/mol. The van der Waals surface area contributed by atoms with Crippen LogP contribution < -0.4 is 0 Å². The maximum absolute atomic E-state index is 9.90. The van der Waals surface area contributed by atoms with Crippen molar-refractivity contribution in [2.24, 2.45) is 0 Å². The van der Waals surface area contributed by atoms with E-state index in [1.54, 1.807) is 0 Å². The Bertz CT molecular complexity index is 208. The van der Waals surface area contributed by atoms with Crippen LogP contribution in [0.5, 0.6) is 0 Å². The third-order valence-electron chi connectivity index (χ3n) is 3.92. The van der Waals surface area contributed by atoms with Gasteiger partial charge < -0.3 is 9.53 Å². The van der Waals surface area contributed by atoms with Crippen molar-refractivity contribution in [2.45, 2.75) is 76.8 Å². The fourth-order valence-corrected chi connectivity index (χ4v) is 3.16. The van der Waals surface area contributed by atoms with E-state index in [0.29, 0.717) is 0 Å². The summed E-state index contributed by atoms with van der Waals surface area (Å²) in [4.78, 5) is 0. The van der Waals surface area contributed by atoms with Crippen LogP contribution in [0.25, 0.3) is 0 Å². The van der Waals surface area contributed by atoms with Crippen molar-refractivity contribution < 1.29 is 9.53 Å². The fraction of sp³-hybridized carbons (Fsp3) is 1.00. The lowest BCUT2D eigenvalue weighted by molar-refractivity contribution is -0.000962. The lowest BCUT2D eigenvalue weighted by Gasteiger charge is -2.41. The summed E-state index contributed by atoms with van der Waals surface area (Å²) in [5, 5.41) is 10.1. The Morgan fingerprint density at radius 2 is 1.67 bits per heavy atom. The standard InChI is InChI=1S/C12H26O2Si/c1-12(2,3)15(4,5)14-11-9-7-6-8-10(11)13/h10-11,13H,6-9H2,1-5H3/t10-,11+/m1/s1. The number of aliphatic hydroxyl groups is 1. The van der Waals surface area contributed by atoms with Gasteiger partial charge in [0.05, 0.1) is 12.2 Å². The van der Waals surface area contributed by atoms with Crippen LogP contribution in [-0.4, -0.2) is 25.6 Å². The first-order valence-corrected chi connectivity index (χ1v) is 9.01. The lowest BCUT2D eigenvalue weighted by atomic mass is 9.95. The van der Waals surface area contributed by atoms with E-state index >= 15 is 0 Å². The minimum Gasteiger partial charge on any atom is -0.411 e. The Morgan fingerprint density at radius 3 is 2.13 bits per heavy atom. The minimum absolute atomic E-state index is 0.0969. The molecule has 0 radical (unpaired) electrons. The highest BCUT2D eigenvalue weighted by Gasteiger charge is 2.40. The van der Waals surface area contributed by atoms with Crippen LogP contribution in [0.2, 0.25) is 18.1 Å². The number of rotatable bonds is 2. The van der Waals surface area contributed by atoms with Gasteiger partial charge in [0, 0.05) is 0 Å². The van der Waals surface area contributed by atoms with E-state index in [2.05, 4.69) is 33.9 Å². The molecular weight excluding hydrogens is 204 g/mol. The van der Waals surface area contributed by atoms with E-state index in [1.165, 1.54) is 6.42 Å². The first-order valence-electron chi connectivity index (χ1n) is 6.10.